The number of Topliss-reactive ketones (excluding diaryl/α,β-unsaturated/α-hetero) is 1. The van der Waals surface area contributed by atoms with E-state index in [1.165, 1.54) is 12.0 Å². The van der Waals surface area contributed by atoms with Crippen molar-refractivity contribution >= 4 is 17.4 Å². The molecule has 210 valence electrons. The number of hydrogen-bond donors (Lipinski definition) is 1. The molecule has 3 aromatic rings. The second-order valence-electron chi connectivity index (χ2n) is 11.2. The molecule has 1 N–H and O–H groups in total. The van der Waals surface area contributed by atoms with Crippen molar-refractivity contribution in [2.24, 2.45) is 0 Å². The zero-order valence-corrected chi connectivity index (χ0v) is 24.1. The maximum absolute atomic E-state index is 13.6. The van der Waals surface area contributed by atoms with Crippen molar-refractivity contribution in [3.8, 4) is 17.2 Å². The number of likely N-dealkylation sites (tertiary alicyclic amines) is 1. The summed E-state index contributed by atoms with van der Waals surface area (Å²) in [6.07, 6.45) is 0.0329. The summed E-state index contributed by atoms with van der Waals surface area (Å²) in [5.41, 5.74) is 2.55. The Kier molecular flexibility index (Phi) is 8.24. The molecule has 7 heteroatoms. The van der Waals surface area contributed by atoms with Crippen LogP contribution in [0.3, 0.4) is 0 Å². The molecule has 1 atom stereocenters. The minimum Gasteiger partial charge on any atom is -0.507 e. The van der Waals surface area contributed by atoms with Crippen LogP contribution in [0, 0.1) is 0 Å². The van der Waals surface area contributed by atoms with Gasteiger partial charge in [-0.25, -0.2) is 0 Å². The van der Waals surface area contributed by atoms with Crippen molar-refractivity contribution in [3.05, 3.63) is 94.6 Å². The lowest BCUT2D eigenvalue weighted by molar-refractivity contribution is -0.140. The van der Waals surface area contributed by atoms with Crippen LogP contribution in [0.15, 0.2) is 72.3 Å². The van der Waals surface area contributed by atoms with E-state index >= 15 is 0 Å². The summed E-state index contributed by atoms with van der Waals surface area (Å²) in [5.74, 6) is -0.0307. The summed E-state index contributed by atoms with van der Waals surface area (Å²) in [4.78, 5) is 28.6. The number of hydrogen-bond acceptors (Lipinski definition) is 6. The van der Waals surface area contributed by atoms with Crippen molar-refractivity contribution in [3.63, 3.8) is 0 Å². The number of nitrogens with zero attached hydrogens (tertiary/aromatic N) is 1. The molecular formula is C33H37NO6. The number of rotatable bonds is 8. The lowest BCUT2D eigenvalue weighted by Gasteiger charge is -2.26. The fraction of sp³-hybridized carbons (Fsp3) is 0.333. The van der Waals surface area contributed by atoms with Crippen LogP contribution in [0.2, 0.25) is 0 Å². The number of methoxy groups -OCH3 is 2. The molecule has 1 heterocycles. The van der Waals surface area contributed by atoms with Gasteiger partial charge in [-0.3, -0.25) is 9.59 Å². The summed E-state index contributed by atoms with van der Waals surface area (Å²) in [6.45, 7) is 10.2. The number of amides is 1. The average Bonchev–Trinajstić information content (AvgIpc) is 3.17. The maximum Gasteiger partial charge on any atom is 0.295 e. The van der Waals surface area contributed by atoms with Gasteiger partial charge in [0.05, 0.1) is 37.5 Å². The Bertz CT molecular complexity index is 1430. The molecule has 0 spiro atoms. The van der Waals surface area contributed by atoms with Gasteiger partial charge in [-0.15, -0.1) is 0 Å². The van der Waals surface area contributed by atoms with Crippen LogP contribution in [0.1, 0.15) is 62.9 Å². The first-order valence-electron chi connectivity index (χ1n) is 13.3. The monoisotopic (exact) mass is 543 g/mol. The molecule has 7 nitrogen and oxygen atoms in total. The van der Waals surface area contributed by atoms with Crippen molar-refractivity contribution < 1.29 is 28.9 Å². The first kappa shape index (κ1) is 28.7. The lowest BCUT2D eigenvalue weighted by Crippen LogP contribution is -2.29. The van der Waals surface area contributed by atoms with Crippen LogP contribution >= 0.6 is 0 Å². The van der Waals surface area contributed by atoms with Gasteiger partial charge in [0.1, 0.15) is 23.0 Å². The summed E-state index contributed by atoms with van der Waals surface area (Å²) in [5, 5.41) is 11.7. The second-order valence-corrected chi connectivity index (χ2v) is 11.2. The molecule has 0 saturated carbocycles. The van der Waals surface area contributed by atoms with E-state index in [0.717, 1.165) is 16.9 Å². The minimum absolute atomic E-state index is 0.00220. The molecule has 1 saturated heterocycles. The smallest absolute Gasteiger partial charge is 0.295 e. The van der Waals surface area contributed by atoms with Crippen LogP contribution in [0.5, 0.6) is 17.2 Å². The van der Waals surface area contributed by atoms with Crippen LogP contribution in [-0.2, 0) is 21.5 Å². The van der Waals surface area contributed by atoms with Gasteiger partial charge in [0.2, 0.25) is 0 Å². The summed E-state index contributed by atoms with van der Waals surface area (Å²) >= 11 is 0. The predicted molar refractivity (Wildman–Crippen MR) is 155 cm³/mol. The number of carbonyl (C=O) groups excluding carboxylic acids is 2. The molecule has 0 bridgehead atoms. The molecule has 40 heavy (non-hydrogen) atoms. The highest BCUT2D eigenvalue weighted by molar-refractivity contribution is 6.46. The van der Waals surface area contributed by atoms with E-state index in [0.29, 0.717) is 22.6 Å². The third kappa shape index (κ3) is 5.83. The van der Waals surface area contributed by atoms with E-state index in [1.807, 2.05) is 56.3 Å². The maximum atomic E-state index is 13.6. The third-order valence-electron chi connectivity index (χ3n) is 6.92. The van der Waals surface area contributed by atoms with Crippen molar-refractivity contribution in [2.45, 2.75) is 58.7 Å². The predicted octanol–water partition coefficient (Wildman–Crippen LogP) is 6.41. The zero-order chi connectivity index (χ0) is 29.2. The first-order valence-corrected chi connectivity index (χ1v) is 13.3. The SMILES string of the molecule is COc1cccc(C2/C(=C(\O)c3cc(C(C)(C)C)ccc3OC)C(=O)C(=O)N2Cc2ccc(OC(C)C)cc2)c1. The average molecular weight is 544 g/mol. The number of aliphatic hydroxyl groups is 1. The second kappa shape index (κ2) is 11.5. The molecule has 1 aliphatic rings. The number of carbonyl (C=O) groups is 2. The number of ether oxygens (including phenoxy) is 3. The highest BCUT2D eigenvalue weighted by Gasteiger charge is 2.46. The van der Waals surface area contributed by atoms with Crippen molar-refractivity contribution in [1.29, 1.82) is 0 Å². The van der Waals surface area contributed by atoms with E-state index in [4.69, 9.17) is 14.2 Å². The van der Waals surface area contributed by atoms with Gasteiger partial charge in [-0.2, -0.15) is 0 Å². The number of ketones is 1. The van der Waals surface area contributed by atoms with E-state index in [-0.39, 0.29) is 29.4 Å². The van der Waals surface area contributed by atoms with Gasteiger partial charge in [-0.1, -0.05) is 51.1 Å². The van der Waals surface area contributed by atoms with Gasteiger partial charge < -0.3 is 24.2 Å². The van der Waals surface area contributed by atoms with Crippen LogP contribution in [0.4, 0.5) is 0 Å². The van der Waals surface area contributed by atoms with Crippen LogP contribution in [0.25, 0.3) is 5.76 Å². The molecule has 0 aliphatic carbocycles. The molecule has 0 aromatic heterocycles. The summed E-state index contributed by atoms with van der Waals surface area (Å²) < 4.78 is 16.7. The highest BCUT2D eigenvalue weighted by atomic mass is 16.5. The Morgan fingerprint density at radius 2 is 1.62 bits per heavy atom. The fourth-order valence-electron chi connectivity index (χ4n) is 4.85. The molecule has 4 rings (SSSR count). The first-order chi connectivity index (χ1) is 18.9. The van der Waals surface area contributed by atoms with E-state index in [9.17, 15) is 14.7 Å². The number of aliphatic hydroxyl groups excluding tert-OH is 1. The van der Waals surface area contributed by atoms with E-state index < -0.39 is 17.7 Å². The normalized spacial score (nSPS) is 16.9. The standard InChI is InChI=1S/C33H37NO6/c1-20(2)40-24-14-11-21(12-15-24)19-34-29(22-9-8-10-25(17-22)38-6)28(31(36)32(34)37)30(35)26-18-23(33(3,4)5)13-16-27(26)39-7/h8-18,20,29,35H,19H2,1-7H3/b30-28+. The molecular weight excluding hydrogens is 506 g/mol. The molecule has 3 aromatic carbocycles. The van der Waals surface area contributed by atoms with Gasteiger partial charge in [-0.05, 0) is 72.4 Å². The molecule has 0 radical (unpaired) electrons. The lowest BCUT2D eigenvalue weighted by atomic mass is 9.85. The highest BCUT2D eigenvalue weighted by Crippen LogP contribution is 2.43. The van der Waals surface area contributed by atoms with Crippen LogP contribution < -0.4 is 14.2 Å². The van der Waals surface area contributed by atoms with Crippen molar-refractivity contribution in [1.82, 2.24) is 4.90 Å². The van der Waals surface area contributed by atoms with Gasteiger partial charge in [0.15, 0.2) is 0 Å². The largest absolute Gasteiger partial charge is 0.507 e. The van der Waals surface area contributed by atoms with Crippen molar-refractivity contribution in [2.75, 3.05) is 14.2 Å². The molecule has 1 fully saturated rings. The Morgan fingerprint density at radius 3 is 2.23 bits per heavy atom. The topological polar surface area (TPSA) is 85.3 Å². The fourth-order valence-corrected chi connectivity index (χ4v) is 4.85. The van der Waals surface area contributed by atoms with Crippen LogP contribution in [-0.4, -0.2) is 42.0 Å². The summed E-state index contributed by atoms with van der Waals surface area (Å²) in [6, 6.07) is 19.3. The Balaban J connectivity index is 1.87. The quantitative estimate of drug-likeness (QED) is 0.201. The Labute approximate surface area is 236 Å². The zero-order valence-electron chi connectivity index (χ0n) is 24.1. The minimum atomic E-state index is -0.843. The molecule has 1 aliphatic heterocycles. The molecule has 1 unspecified atom stereocenters. The van der Waals surface area contributed by atoms with Gasteiger partial charge in [0, 0.05) is 6.54 Å². The van der Waals surface area contributed by atoms with Gasteiger partial charge in [0.25, 0.3) is 11.7 Å². The number of benzene rings is 3. The Hall–Kier alpha value is -4.26. The Morgan fingerprint density at radius 1 is 0.925 bits per heavy atom. The van der Waals surface area contributed by atoms with Gasteiger partial charge >= 0.3 is 0 Å². The third-order valence-corrected chi connectivity index (χ3v) is 6.92. The van der Waals surface area contributed by atoms with E-state index in [2.05, 4.69) is 20.8 Å². The summed E-state index contributed by atoms with van der Waals surface area (Å²) in [7, 11) is 3.06. The van der Waals surface area contributed by atoms with E-state index in [1.54, 1.807) is 31.4 Å². The molecule has 1 amide bonds.